The first-order chi connectivity index (χ1) is 4.96. The highest BCUT2D eigenvalue weighted by Crippen LogP contribution is 2.26. The van der Waals surface area contributed by atoms with Crippen LogP contribution in [0, 0.1) is 0 Å². The SMILES string of the molecule is CC1=NCC(O)C(O)C1(F)F. The summed E-state index contributed by atoms with van der Waals surface area (Å²) in [5.41, 5.74) is -0.421. The molecular formula is C6H9F2NO2. The Bertz CT molecular complexity index is 193. The average Bonchev–Trinajstić information content (AvgIpc) is 1.95. The molecule has 11 heavy (non-hydrogen) atoms. The van der Waals surface area contributed by atoms with Gasteiger partial charge in [-0.2, -0.15) is 8.78 Å². The van der Waals surface area contributed by atoms with Crippen LogP contribution in [-0.2, 0) is 0 Å². The van der Waals surface area contributed by atoms with Gasteiger partial charge in [0.25, 0.3) is 0 Å². The molecule has 0 aromatic carbocycles. The second-order valence-electron chi connectivity index (χ2n) is 2.56. The van der Waals surface area contributed by atoms with E-state index in [-0.39, 0.29) is 6.54 Å². The fourth-order valence-electron chi connectivity index (χ4n) is 0.891. The van der Waals surface area contributed by atoms with Gasteiger partial charge in [0.05, 0.1) is 12.3 Å². The highest BCUT2D eigenvalue weighted by Gasteiger charge is 2.47. The molecule has 3 nitrogen and oxygen atoms in total. The lowest BCUT2D eigenvalue weighted by Crippen LogP contribution is -2.51. The summed E-state index contributed by atoms with van der Waals surface area (Å²) in [6.45, 7) is 0.984. The molecule has 0 saturated carbocycles. The topological polar surface area (TPSA) is 52.8 Å². The molecule has 64 valence electrons. The molecule has 0 saturated heterocycles. The first kappa shape index (κ1) is 8.55. The van der Waals surface area contributed by atoms with Crippen LogP contribution in [0.15, 0.2) is 4.99 Å². The first-order valence-corrected chi connectivity index (χ1v) is 3.21. The van der Waals surface area contributed by atoms with E-state index in [2.05, 4.69) is 4.99 Å². The van der Waals surface area contributed by atoms with Crippen molar-refractivity contribution < 1.29 is 19.0 Å². The van der Waals surface area contributed by atoms with Crippen molar-refractivity contribution in [1.29, 1.82) is 0 Å². The summed E-state index contributed by atoms with van der Waals surface area (Å²) in [6.07, 6.45) is -3.46. The maximum absolute atomic E-state index is 12.7. The first-order valence-electron chi connectivity index (χ1n) is 3.21. The lowest BCUT2D eigenvalue weighted by molar-refractivity contribution is -0.113. The second kappa shape index (κ2) is 2.49. The third-order valence-corrected chi connectivity index (χ3v) is 1.73. The van der Waals surface area contributed by atoms with Crippen LogP contribution in [0.1, 0.15) is 6.92 Å². The molecular weight excluding hydrogens is 156 g/mol. The summed E-state index contributed by atoms with van der Waals surface area (Å²) in [7, 11) is 0. The fraction of sp³-hybridized carbons (Fsp3) is 0.833. The van der Waals surface area contributed by atoms with Crippen LogP contribution in [-0.4, -0.2) is 40.6 Å². The van der Waals surface area contributed by atoms with Crippen molar-refractivity contribution in [2.24, 2.45) is 4.99 Å². The maximum atomic E-state index is 12.7. The Balaban J connectivity index is 2.91. The average molecular weight is 165 g/mol. The van der Waals surface area contributed by atoms with Gasteiger partial charge < -0.3 is 10.2 Å². The largest absolute Gasteiger partial charge is 0.388 e. The Morgan fingerprint density at radius 2 is 2.09 bits per heavy atom. The number of halogens is 2. The van der Waals surface area contributed by atoms with Gasteiger partial charge in [-0.05, 0) is 6.92 Å². The third kappa shape index (κ3) is 1.25. The van der Waals surface area contributed by atoms with E-state index < -0.39 is 23.8 Å². The summed E-state index contributed by atoms with van der Waals surface area (Å²) in [6, 6.07) is 0. The molecule has 0 fully saturated rings. The molecule has 1 aliphatic heterocycles. The number of aliphatic hydroxyl groups excluding tert-OH is 2. The van der Waals surface area contributed by atoms with Crippen LogP contribution in [0.4, 0.5) is 8.78 Å². The second-order valence-corrected chi connectivity index (χ2v) is 2.56. The number of aliphatic imine (C=N–C) groups is 1. The minimum atomic E-state index is -3.38. The van der Waals surface area contributed by atoms with E-state index in [9.17, 15) is 8.78 Å². The monoisotopic (exact) mass is 165 g/mol. The third-order valence-electron chi connectivity index (χ3n) is 1.73. The van der Waals surface area contributed by atoms with E-state index in [1.807, 2.05) is 0 Å². The lowest BCUT2D eigenvalue weighted by atomic mass is 10.0. The molecule has 2 unspecified atom stereocenters. The zero-order chi connectivity index (χ0) is 8.65. The number of alkyl halides is 2. The van der Waals surface area contributed by atoms with Crippen molar-refractivity contribution >= 4 is 5.71 Å². The highest BCUT2D eigenvalue weighted by molar-refractivity contribution is 5.90. The van der Waals surface area contributed by atoms with Gasteiger partial charge >= 0.3 is 5.92 Å². The highest BCUT2D eigenvalue weighted by atomic mass is 19.3. The summed E-state index contributed by atoms with van der Waals surface area (Å²) in [5, 5.41) is 17.6. The molecule has 2 N–H and O–H groups in total. The molecule has 0 aliphatic carbocycles. The van der Waals surface area contributed by atoms with Crippen molar-refractivity contribution in [3.05, 3.63) is 0 Å². The minimum absolute atomic E-state index is 0.150. The molecule has 0 spiro atoms. The summed E-state index contributed by atoms with van der Waals surface area (Å²) < 4.78 is 25.4. The van der Waals surface area contributed by atoms with Crippen molar-refractivity contribution in [2.75, 3.05) is 6.54 Å². The predicted molar refractivity (Wildman–Crippen MR) is 34.9 cm³/mol. The standard InChI is InChI=1S/C6H9F2NO2/c1-3-6(7,8)5(11)4(10)2-9-3/h4-5,10-11H,2H2,1H3. The smallest absolute Gasteiger partial charge is 0.313 e. The van der Waals surface area contributed by atoms with Crippen LogP contribution < -0.4 is 0 Å². The number of nitrogens with zero attached hydrogens (tertiary/aromatic N) is 1. The number of hydrogen-bond acceptors (Lipinski definition) is 3. The van der Waals surface area contributed by atoms with Crippen LogP contribution >= 0.6 is 0 Å². The normalized spacial score (nSPS) is 36.6. The number of hydrogen-bond donors (Lipinski definition) is 2. The lowest BCUT2D eigenvalue weighted by Gasteiger charge is -2.29. The molecule has 1 aliphatic rings. The molecule has 0 radical (unpaired) electrons. The van der Waals surface area contributed by atoms with E-state index in [0.717, 1.165) is 6.92 Å². The fourth-order valence-corrected chi connectivity index (χ4v) is 0.891. The van der Waals surface area contributed by atoms with Gasteiger partial charge in [-0.1, -0.05) is 0 Å². The molecule has 0 aromatic heterocycles. The van der Waals surface area contributed by atoms with Crippen molar-refractivity contribution in [3.8, 4) is 0 Å². The molecule has 0 amide bonds. The predicted octanol–water partition coefficient (Wildman–Crippen LogP) is -0.182. The summed E-state index contributed by atoms with van der Waals surface area (Å²) in [5.74, 6) is -3.38. The van der Waals surface area contributed by atoms with Crippen molar-refractivity contribution in [3.63, 3.8) is 0 Å². The van der Waals surface area contributed by atoms with Gasteiger partial charge in [0.1, 0.15) is 6.10 Å². The van der Waals surface area contributed by atoms with Crippen LogP contribution in [0.25, 0.3) is 0 Å². The molecule has 5 heteroatoms. The molecule has 0 bridgehead atoms. The van der Waals surface area contributed by atoms with Crippen LogP contribution in [0.5, 0.6) is 0 Å². The molecule has 2 atom stereocenters. The van der Waals surface area contributed by atoms with E-state index in [4.69, 9.17) is 10.2 Å². The summed E-state index contributed by atoms with van der Waals surface area (Å²) in [4.78, 5) is 3.37. The molecule has 1 heterocycles. The van der Waals surface area contributed by atoms with E-state index in [0.29, 0.717) is 0 Å². The number of rotatable bonds is 0. The Labute approximate surface area is 62.4 Å². The van der Waals surface area contributed by atoms with E-state index in [1.54, 1.807) is 0 Å². The van der Waals surface area contributed by atoms with Crippen LogP contribution in [0.2, 0.25) is 0 Å². The van der Waals surface area contributed by atoms with Crippen molar-refractivity contribution in [2.45, 2.75) is 25.1 Å². The van der Waals surface area contributed by atoms with Gasteiger partial charge in [-0.3, -0.25) is 4.99 Å². The van der Waals surface area contributed by atoms with E-state index in [1.165, 1.54) is 0 Å². The zero-order valence-corrected chi connectivity index (χ0v) is 5.96. The van der Waals surface area contributed by atoms with Gasteiger partial charge in [0.15, 0.2) is 6.10 Å². The molecule has 0 aromatic rings. The van der Waals surface area contributed by atoms with Gasteiger partial charge in [0, 0.05) is 0 Å². The Kier molecular flexibility index (Phi) is 1.94. The van der Waals surface area contributed by atoms with Crippen molar-refractivity contribution in [1.82, 2.24) is 0 Å². The maximum Gasteiger partial charge on any atom is 0.313 e. The summed E-state index contributed by atoms with van der Waals surface area (Å²) >= 11 is 0. The molecule has 1 rings (SSSR count). The zero-order valence-electron chi connectivity index (χ0n) is 5.96. The van der Waals surface area contributed by atoms with Crippen LogP contribution in [0.3, 0.4) is 0 Å². The Hall–Kier alpha value is -0.550. The van der Waals surface area contributed by atoms with Gasteiger partial charge in [-0.15, -0.1) is 0 Å². The minimum Gasteiger partial charge on any atom is -0.388 e. The Morgan fingerprint density at radius 3 is 2.55 bits per heavy atom. The Morgan fingerprint density at radius 1 is 1.55 bits per heavy atom. The quantitative estimate of drug-likeness (QED) is 0.523. The van der Waals surface area contributed by atoms with E-state index >= 15 is 0 Å². The van der Waals surface area contributed by atoms with Gasteiger partial charge in [0.2, 0.25) is 0 Å². The number of aliphatic hydroxyl groups is 2. The van der Waals surface area contributed by atoms with Gasteiger partial charge in [-0.25, -0.2) is 0 Å².